The van der Waals surface area contributed by atoms with Crippen molar-refractivity contribution in [2.45, 2.75) is 6.10 Å². The number of piperazine rings is 1. The standard InChI is InChI=1S/C17H27BrN2O4/c18-15-1-3-17(4-2-15)24-12-11-23-14-16(22)13-20-7-5-19(6-8-20)9-10-21/h1-4,16,21-22H,5-14H2/t16-/m0/s1. The third-order valence-corrected chi connectivity index (χ3v) is 4.50. The molecule has 1 aromatic rings. The van der Waals surface area contributed by atoms with Crippen LogP contribution < -0.4 is 4.74 Å². The van der Waals surface area contributed by atoms with E-state index in [4.69, 9.17) is 14.6 Å². The van der Waals surface area contributed by atoms with E-state index in [1.54, 1.807) is 0 Å². The summed E-state index contributed by atoms with van der Waals surface area (Å²) in [6.07, 6.45) is -0.484. The number of hydrogen-bond acceptors (Lipinski definition) is 6. The molecule has 0 aromatic heterocycles. The van der Waals surface area contributed by atoms with E-state index >= 15 is 0 Å². The summed E-state index contributed by atoms with van der Waals surface area (Å²) in [4.78, 5) is 4.47. The number of halogens is 1. The Hall–Kier alpha value is -0.700. The second kappa shape index (κ2) is 11.0. The topological polar surface area (TPSA) is 65.4 Å². The molecule has 0 aliphatic carbocycles. The summed E-state index contributed by atoms with van der Waals surface area (Å²) in [5.74, 6) is 0.808. The maximum atomic E-state index is 10.1. The number of ether oxygens (including phenoxy) is 2. The highest BCUT2D eigenvalue weighted by Gasteiger charge is 2.18. The van der Waals surface area contributed by atoms with Crippen LogP contribution in [0.3, 0.4) is 0 Å². The first-order valence-corrected chi connectivity index (χ1v) is 9.16. The molecule has 1 aliphatic rings. The van der Waals surface area contributed by atoms with Gasteiger partial charge in [-0.15, -0.1) is 0 Å². The molecular weight excluding hydrogens is 376 g/mol. The van der Waals surface area contributed by atoms with Crippen LogP contribution in [0.5, 0.6) is 5.75 Å². The Morgan fingerprint density at radius 3 is 2.38 bits per heavy atom. The quantitative estimate of drug-likeness (QED) is 0.564. The van der Waals surface area contributed by atoms with E-state index in [0.29, 0.717) is 26.4 Å². The van der Waals surface area contributed by atoms with Gasteiger partial charge in [-0.25, -0.2) is 0 Å². The highest BCUT2D eigenvalue weighted by Crippen LogP contribution is 2.15. The van der Waals surface area contributed by atoms with Gasteiger partial charge >= 0.3 is 0 Å². The third-order valence-electron chi connectivity index (χ3n) is 3.97. The first-order chi connectivity index (χ1) is 11.7. The summed E-state index contributed by atoms with van der Waals surface area (Å²) in [5.41, 5.74) is 0. The molecule has 1 atom stereocenters. The lowest BCUT2D eigenvalue weighted by molar-refractivity contribution is -0.000763. The van der Waals surface area contributed by atoms with Gasteiger partial charge in [-0.1, -0.05) is 15.9 Å². The van der Waals surface area contributed by atoms with E-state index in [1.807, 2.05) is 24.3 Å². The van der Waals surface area contributed by atoms with E-state index in [-0.39, 0.29) is 6.61 Å². The van der Waals surface area contributed by atoms with Crippen molar-refractivity contribution >= 4 is 15.9 Å². The van der Waals surface area contributed by atoms with Gasteiger partial charge < -0.3 is 19.7 Å². The van der Waals surface area contributed by atoms with Crippen LogP contribution in [0.15, 0.2) is 28.7 Å². The molecule has 0 bridgehead atoms. The van der Waals surface area contributed by atoms with Crippen molar-refractivity contribution in [3.05, 3.63) is 28.7 Å². The minimum Gasteiger partial charge on any atom is -0.491 e. The van der Waals surface area contributed by atoms with Crippen LogP contribution in [-0.2, 0) is 4.74 Å². The number of aliphatic hydroxyl groups excluding tert-OH is 2. The van der Waals surface area contributed by atoms with Crippen LogP contribution in [-0.4, -0.2) is 91.8 Å². The molecule has 0 amide bonds. The van der Waals surface area contributed by atoms with Crippen molar-refractivity contribution in [2.24, 2.45) is 0 Å². The highest BCUT2D eigenvalue weighted by molar-refractivity contribution is 9.10. The number of β-amino-alcohol motifs (C(OH)–C–C–N with tert-alkyl or cyclic N) is 2. The summed E-state index contributed by atoms with van der Waals surface area (Å²) in [6.45, 7) is 6.53. The molecule has 0 saturated carbocycles. The summed E-state index contributed by atoms with van der Waals surface area (Å²) in [7, 11) is 0. The van der Waals surface area contributed by atoms with E-state index in [2.05, 4.69) is 25.7 Å². The summed E-state index contributed by atoms with van der Waals surface area (Å²) in [6, 6.07) is 7.66. The van der Waals surface area contributed by atoms with Crippen molar-refractivity contribution in [1.29, 1.82) is 0 Å². The van der Waals surface area contributed by atoms with Gasteiger partial charge in [-0.2, -0.15) is 0 Å². The maximum absolute atomic E-state index is 10.1. The zero-order valence-electron chi connectivity index (χ0n) is 13.9. The van der Waals surface area contributed by atoms with Gasteiger partial charge in [0.2, 0.25) is 0 Å². The minimum atomic E-state index is -0.484. The predicted octanol–water partition coefficient (Wildman–Crippen LogP) is 0.815. The molecule has 0 radical (unpaired) electrons. The lowest BCUT2D eigenvalue weighted by Gasteiger charge is -2.35. The number of hydrogen-bond donors (Lipinski definition) is 2. The lowest BCUT2D eigenvalue weighted by atomic mass is 10.2. The van der Waals surface area contributed by atoms with Crippen molar-refractivity contribution in [3.63, 3.8) is 0 Å². The molecule has 6 nitrogen and oxygen atoms in total. The second-order valence-corrected chi connectivity index (χ2v) is 6.81. The number of benzene rings is 1. The van der Waals surface area contributed by atoms with Crippen molar-refractivity contribution < 1.29 is 19.7 Å². The van der Waals surface area contributed by atoms with Crippen LogP contribution in [0.1, 0.15) is 0 Å². The Morgan fingerprint density at radius 2 is 1.71 bits per heavy atom. The molecule has 0 spiro atoms. The smallest absolute Gasteiger partial charge is 0.119 e. The van der Waals surface area contributed by atoms with Gasteiger partial charge in [0.25, 0.3) is 0 Å². The molecular formula is C17H27BrN2O4. The molecule has 0 unspecified atom stereocenters. The molecule has 7 heteroatoms. The first kappa shape index (κ1) is 19.6. The number of aliphatic hydroxyl groups is 2. The van der Waals surface area contributed by atoms with Gasteiger partial charge in [-0.05, 0) is 24.3 Å². The average Bonchev–Trinajstić information content (AvgIpc) is 2.58. The fraction of sp³-hybridized carbons (Fsp3) is 0.647. The highest BCUT2D eigenvalue weighted by atomic mass is 79.9. The Morgan fingerprint density at radius 1 is 1.04 bits per heavy atom. The SMILES string of the molecule is OCCN1CCN(C[C@H](O)COCCOc2ccc(Br)cc2)CC1. The van der Waals surface area contributed by atoms with Crippen LogP contribution in [0.4, 0.5) is 0 Å². The Balaban J connectivity index is 1.51. The van der Waals surface area contributed by atoms with Gasteiger partial charge in [-0.3, -0.25) is 9.80 Å². The molecule has 1 saturated heterocycles. The molecule has 136 valence electrons. The van der Waals surface area contributed by atoms with E-state index < -0.39 is 6.10 Å². The fourth-order valence-corrected chi connectivity index (χ4v) is 2.92. The largest absolute Gasteiger partial charge is 0.491 e. The summed E-state index contributed by atoms with van der Waals surface area (Å²) >= 11 is 3.38. The van der Waals surface area contributed by atoms with Gasteiger partial charge in [0.1, 0.15) is 12.4 Å². The van der Waals surface area contributed by atoms with E-state index in [9.17, 15) is 5.11 Å². The molecule has 1 aromatic carbocycles. The first-order valence-electron chi connectivity index (χ1n) is 8.37. The van der Waals surface area contributed by atoms with E-state index in [0.717, 1.165) is 42.9 Å². The summed E-state index contributed by atoms with van der Waals surface area (Å²) in [5, 5.41) is 19.0. The molecule has 24 heavy (non-hydrogen) atoms. The number of rotatable bonds is 10. The molecule has 1 aliphatic heterocycles. The monoisotopic (exact) mass is 402 g/mol. The van der Waals surface area contributed by atoms with Gasteiger partial charge in [0.15, 0.2) is 0 Å². The average molecular weight is 403 g/mol. The third kappa shape index (κ3) is 7.46. The van der Waals surface area contributed by atoms with E-state index in [1.165, 1.54) is 0 Å². The molecule has 1 fully saturated rings. The Bertz CT molecular complexity index is 452. The minimum absolute atomic E-state index is 0.207. The normalized spacial score (nSPS) is 17.8. The second-order valence-electron chi connectivity index (χ2n) is 5.90. The van der Waals surface area contributed by atoms with Crippen molar-refractivity contribution in [1.82, 2.24) is 9.80 Å². The number of nitrogens with zero attached hydrogens (tertiary/aromatic N) is 2. The molecule has 2 rings (SSSR count). The van der Waals surface area contributed by atoms with Crippen LogP contribution in [0, 0.1) is 0 Å². The van der Waals surface area contributed by atoms with Gasteiger partial charge in [0, 0.05) is 43.7 Å². The lowest BCUT2D eigenvalue weighted by Crippen LogP contribution is -2.49. The zero-order chi connectivity index (χ0) is 17.2. The van der Waals surface area contributed by atoms with Crippen LogP contribution >= 0.6 is 15.9 Å². The van der Waals surface area contributed by atoms with Crippen LogP contribution in [0.2, 0.25) is 0 Å². The zero-order valence-corrected chi connectivity index (χ0v) is 15.5. The predicted molar refractivity (Wildman–Crippen MR) is 96.4 cm³/mol. The molecule has 2 N–H and O–H groups in total. The summed E-state index contributed by atoms with van der Waals surface area (Å²) < 4.78 is 12.1. The molecule has 1 heterocycles. The van der Waals surface area contributed by atoms with Crippen LogP contribution in [0.25, 0.3) is 0 Å². The fourth-order valence-electron chi connectivity index (χ4n) is 2.66. The van der Waals surface area contributed by atoms with Gasteiger partial charge in [0.05, 0.1) is 25.9 Å². The Kier molecular flexibility index (Phi) is 9.01. The van der Waals surface area contributed by atoms with Crippen molar-refractivity contribution in [2.75, 3.05) is 65.7 Å². The van der Waals surface area contributed by atoms with Crippen molar-refractivity contribution in [3.8, 4) is 5.75 Å². The Labute approximate surface area is 152 Å². The maximum Gasteiger partial charge on any atom is 0.119 e.